The van der Waals surface area contributed by atoms with E-state index in [2.05, 4.69) is 78.8 Å². The van der Waals surface area contributed by atoms with Crippen LogP contribution in [0.4, 0.5) is 0 Å². The SMILES string of the molecule is NC(N)=NCc1cc(I)c(C=O)c(C#Cc2cccc(C#Cc3cc(CN=C(N)N)cc(I)c3C=O)c2)c1. The van der Waals surface area contributed by atoms with Gasteiger partial charge in [0, 0.05) is 40.5 Å². The fraction of sp³-hybridized carbons (Fsp3) is 0.0714. The van der Waals surface area contributed by atoms with Gasteiger partial charge < -0.3 is 22.9 Å². The second-order valence-electron chi connectivity index (χ2n) is 7.88. The monoisotopic (exact) mass is 728 g/mol. The van der Waals surface area contributed by atoms with Crippen molar-refractivity contribution >= 4 is 69.7 Å². The molecule has 190 valence electrons. The van der Waals surface area contributed by atoms with Crippen molar-refractivity contribution in [2.75, 3.05) is 0 Å². The number of carbonyl (C=O) groups is 2. The van der Waals surface area contributed by atoms with E-state index in [0.717, 1.165) is 30.8 Å². The molecule has 3 aromatic carbocycles. The third-order valence-electron chi connectivity index (χ3n) is 5.05. The summed E-state index contributed by atoms with van der Waals surface area (Å²) in [6, 6.07) is 14.7. The maximum Gasteiger partial charge on any atom is 0.186 e. The van der Waals surface area contributed by atoms with Crippen molar-refractivity contribution in [3.8, 4) is 23.7 Å². The standard InChI is InChI=1S/C28H22I2N6O2/c29-25-11-19(13-35-27(31)32)9-21(23(25)15-37)6-4-17-2-1-3-18(8-17)5-7-22-10-20(14-36-28(33)34)12-26(30)24(22)16-38/h1-3,8-12,15-16H,13-14H2,(H4,31,32,35)(H4,33,34,36). The van der Waals surface area contributed by atoms with Crippen molar-refractivity contribution in [3.05, 3.63) is 100 Å². The van der Waals surface area contributed by atoms with Crippen LogP contribution in [0.3, 0.4) is 0 Å². The van der Waals surface area contributed by atoms with Crippen molar-refractivity contribution in [1.29, 1.82) is 0 Å². The Morgan fingerprint density at radius 2 is 1.11 bits per heavy atom. The van der Waals surface area contributed by atoms with Gasteiger partial charge >= 0.3 is 0 Å². The van der Waals surface area contributed by atoms with Crippen LogP contribution in [0, 0.1) is 30.8 Å². The molecular weight excluding hydrogens is 706 g/mol. The molecule has 3 rings (SSSR count). The normalized spacial score (nSPS) is 9.74. The van der Waals surface area contributed by atoms with Gasteiger partial charge in [-0.05, 0) is 98.8 Å². The minimum Gasteiger partial charge on any atom is -0.370 e. The molecule has 10 heteroatoms. The lowest BCUT2D eigenvalue weighted by molar-refractivity contribution is 0.111. The quantitative estimate of drug-likeness (QED) is 0.100. The number of nitrogens with zero attached hydrogens (tertiary/aromatic N) is 2. The highest BCUT2D eigenvalue weighted by Gasteiger charge is 2.09. The molecule has 0 aliphatic heterocycles. The molecule has 8 nitrogen and oxygen atoms in total. The molecule has 38 heavy (non-hydrogen) atoms. The highest BCUT2D eigenvalue weighted by atomic mass is 127. The average molecular weight is 728 g/mol. The predicted molar refractivity (Wildman–Crippen MR) is 167 cm³/mol. The largest absolute Gasteiger partial charge is 0.370 e. The van der Waals surface area contributed by atoms with Crippen molar-refractivity contribution in [2.45, 2.75) is 13.1 Å². The molecule has 0 aliphatic rings. The summed E-state index contributed by atoms with van der Waals surface area (Å²) < 4.78 is 1.51. The number of hydrogen-bond donors (Lipinski definition) is 4. The van der Waals surface area contributed by atoms with Crippen LogP contribution < -0.4 is 22.9 Å². The Morgan fingerprint density at radius 1 is 0.684 bits per heavy atom. The maximum atomic E-state index is 11.7. The van der Waals surface area contributed by atoms with Crippen LogP contribution in [-0.4, -0.2) is 24.5 Å². The van der Waals surface area contributed by atoms with Crippen LogP contribution in [0.2, 0.25) is 0 Å². The zero-order chi connectivity index (χ0) is 27.7. The van der Waals surface area contributed by atoms with Gasteiger partial charge in [0.05, 0.1) is 13.1 Å². The number of hydrogen-bond acceptors (Lipinski definition) is 4. The summed E-state index contributed by atoms with van der Waals surface area (Å²) in [5, 5.41) is 0. The number of carbonyl (C=O) groups excluding carboxylic acids is 2. The highest BCUT2D eigenvalue weighted by molar-refractivity contribution is 14.1. The van der Waals surface area contributed by atoms with E-state index >= 15 is 0 Å². The number of rotatable bonds is 6. The summed E-state index contributed by atoms with van der Waals surface area (Å²) >= 11 is 4.18. The molecule has 0 saturated carbocycles. The van der Waals surface area contributed by atoms with Crippen LogP contribution in [0.5, 0.6) is 0 Å². The average Bonchev–Trinajstić information content (AvgIpc) is 2.88. The lowest BCUT2D eigenvalue weighted by Crippen LogP contribution is -2.22. The molecule has 3 aromatic rings. The van der Waals surface area contributed by atoms with E-state index in [1.165, 1.54) is 0 Å². The third-order valence-corrected chi connectivity index (χ3v) is 6.83. The zero-order valence-electron chi connectivity index (χ0n) is 20.0. The van der Waals surface area contributed by atoms with Gasteiger partial charge in [-0.15, -0.1) is 0 Å². The van der Waals surface area contributed by atoms with Gasteiger partial charge in [0.25, 0.3) is 0 Å². The fourth-order valence-electron chi connectivity index (χ4n) is 3.30. The molecule has 8 N–H and O–H groups in total. The second-order valence-corrected chi connectivity index (χ2v) is 10.2. The van der Waals surface area contributed by atoms with E-state index < -0.39 is 0 Å². The Bertz CT molecular complexity index is 1470. The van der Waals surface area contributed by atoms with E-state index in [9.17, 15) is 9.59 Å². The third kappa shape index (κ3) is 8.06. The van der Waals surface area contributed by atoms with Gasteiger partial charge in [0.1, 0.15) is 0 Å². The van der Waals surface area contributed by atoms with Crippen molar-refractivity contribution < 1.29 is 9.59 Å². The topological polar surface area (TPSA) is 163 Å². The molecule has 0 atom stereocenters. The van der Waals surface area contributed by atoms with Crippen LogP contribution in [0.15, 0.2) is 58.5 Å². The van der Waals surface area contributed by atoms with Crippen LogP contribution in [0.25, 0.3) is 0 Å². The first-order valence-corrected chi connectivity index (χ1v) is 13.2. The molecule has 0 spiro atoms. The minimum atomic E-state index is -0.0134. The van der Waals surface area contributed by atoms with Gasteiger partial charge in [-0.2, -0.15) is 0 Å². The Balaban J connectivity index is 1.95. The lowest BCUT2D eigenvalue weighted by atomic mass is 10.0. The number of guanidine groups is 2. The fourth-order valence-corrected chi connectivity index (χ4v) is 4.93. The Kier molecular flexibility index (Phi) is 10.3. The van der Waals surface area contributed by atoms with E-state index in [1.54, 1.807) is 12.1 Å². The summed E-state index contributed by atoms with van der Waals surface area (Å²) in [6.07, 6.45) is 1.57. The zero-order valence-corrected chi connectivity index (χ0v) is 24.3. The van der Waals surface area contributed by atoms with Crippen LogP contribution in [-0.2, 0) is 13.1 Å². The lowest BCUT2D eigenvalue weighted by Gasteiger charge is -2.05. The summed E-state index contributed by atoms with van der Waals surface area (Å²) in [4.78, 5) is 31.4. The number of aliphatic imine (C=N–C) groups is 2. The van der Waals surface area contributed by atoms with Crippen LogP contribution >= 0.6 is 45.2 Å². The first kappa shape index (κ1) is 28.7. The molecule has 0 bridgehead atoms. The van der Waals surface area contributed by atoms with Gasteiger partial charge in [0.2, 0.25) is 0 Å². The first-order valence-electron chi connectivity index (χ1n) is 11.0. The number of benzene rings is 3. The van der Waals surface area contributed by atoms with E-state index in [1.807, 2.05) is 36.4 Å². The maximum absolute atomic E-state index is 11.7. The van der Waals surface area contributed by atoms with Gasteiger partial charge in [-0.25, -0.2) is 9.98 Å². The Morgan fingerprint density at radius 3 is 1.47 bits per heavy atom. The molecular formula is C28H22I2N6O2. The molecule has 0 unspecified atom stereocenters. The number of aldehydes is 2. The molecule has 0 aliphatic carbocycles. The first-order chi connectivity index (χ1) is 18.2. The highest BCUT2D eigenvalue weighted by Crippen LogP contribution is 2.20. The molecule has 0 amide bonds. The van der Waals surface area contributed by atoms with Gasteiger partial charge in [-0.1, -0.05) is 29.7 Å². The van der Waals surface area contributed by atoms with E-state index in [4.69, 9.17) is 22.9 Å². The predicted octanol–water partition coefficient (Wildman–Crippen LogP) is 2.87. The molecule has 0 heterocycles. The summed E-state index contributed by atoms with van der Waals surface area (Å²) in [6.45, 7) is 0.568. The number of nitrogens with two attached hydrogens (primary N) is 4. The molecule has 0 aromatic heterocycles. The number of halogens is 2. The molecule has 0 fully saturated rings. The summed E-state index contributed by atoms with van der Waals surface area (Å²) in [7, 11) is 0. The molecule has 0 saturated heterocycles. The van der Waals surface area contributed by atoms with E-state index in [0.29, 0.717) is 33.4 Å². The smallest absolute Gasteiger partial charge is 0.186 e. The summed E-state index contributed by atoms with van der Waals surface area (Å²) in [5.74, 6) is 12.3. The minimum absolute atomic E-state index is 0.0134. The van der Waals surface area contributed by atoms with Crippen molar-refractivity contribution in [3.63, 3.8) is 0 Å². The van der Waals surface area contributed by atoms with Crippen molar-refractivity contribution in [2.24, 2.45) is 32.9 Å². The Hall–Kier alpha value is -3.88. The van der Waals surface area contributed by atoms with Gasteiger partial charge in [-0.3, -0.25) is 9.59 Å². The van der Waals surface area contributed by atoms with Crippen LogP contribution in [0.1, 0.15) is 54.1 Å². The van der Waals surface area contributed by atoms with Crippen molar-refractivity contribution in [1.82, 2.24) is 0 Å². The van der Waals surface area contributed by atoms with E-state index in [-0.39, 0.29) is 25.0 Å². The Labute approximate surface area is 247 Å². The van der Waals surface area contributed by atoms with Gasteiger partial charge in [0.15, 0.2) is 24.5 Å². The summed E-state index contributed by atoms with van der Waals surface area (Å²) in [5.41, 5.74) is 27.0. The molecule has 0 radical (unpaired) electrons. The second kappa shape index (κ2) is 13.6.